The van der Waals surface area contributed by atoms with Crippen LogP contribution in [-0.4, -0.2) is 10.2 Å². The van der Waals surface area contributed by atoms with Crippen LogP contribution in [-0.2, 0) is 12.8 Å². The Morgan fingerprint density at radius 2 is 2.33 bits per heavy atom. The highest BCUT2D eigenvalue weighted by Crippen LogP contribution is 2.32. The van der Waals surface area contributed by atoms with Crippen LogP contribution in [0.25, 0.3) is 0 Å². The largest absolute Gasteiger partial charge is 0.282 e. The van der Waals surface area contributed by atoms with Crippen molar-refractivity contribution in [1.29, 1.82) is 0 Å². The van der Waals surface area contributed by atoms with E-state index >= 15 is 0 Å². The van der Waals surface area contributed by atoms with Crippen LogP contribution < -0.4 is 0 Å². The topological polar surface area (TPSA) is 28.7 Å². The average molecular weight is 164 g/mol. The quantitative estimate of drug-likeness (QED) is 0.586. The van der Waals surface area contributed by atoms with E-state index in [0.717, 1.165) is 0 Å². The van der Waals surface area contributed by atoms with Gasteiger partial charge in [-0.05, 0) is 36.7 Å². The zero-order valence-electron chi connectivity index (χ0n) is 7.85. The molecule has 0 spiro atoms. The second kappa shape index (κ2) is 2.61. The molecule has 2 heteroatoms. The Kier molecular flexibility index (Phi) is 1.71. The van der Waals surface area contributed by atoms with Crippen molar-refractivity contribution in [2.24, 2.45) is 5.41 Å². The molecule has 1 aliphatic rings. The molecule has 0 saturated heterocycles. The number of aryl methyl sites for hydroxylation is 1. The fourth-order valence-electron chi connectivity index (χ4n) is 2.05. The summed E-state index contributed by atoms with van der Waals surface area (Å²) in [5.41, 5.74) is 3.26. The first-order valence-corrected chi connectivity index (χ1v) is 4.68. The number of aromatic nitrogens is 2. The first-order valence-electron chi connectivity index (χ1n) is 4.68. The summed E-state index contributed by atoms with van der Waals surface area (Å²) in [5, 5.41) is 7.17. The highest BCUT2D eigenvalue weighted by molar-refractivity contribution is 5.19. The summed E-state index contributed by atoms with van der Waals surface area (Å²) in [7, 11) is 0. The summed E-state index contributed by atoms with van der Waals surface area (Å²) in [6.07, 6.45) is 6.97. The molecule has 0 saturated carbocycles. The summed E-state index contributed by atoms with van der Waals surface area (Å²) in [5.74, 6) is 0. The lowest BCUT2D eigenvalue weighted by Crippen LogP contribution is -2.12. The van der Waals surface area contributed by atoms with Gasteiger partial charge in [0.1, 0.15) is 0 Å². The molecule has 0 atom stereocenters. The molecule has 1 N–H and O–H groups in total. The number of aromatic amines is 1. The molecule has 1 aromatic rings. The van der Waals surface area contributed by atoms with Crippen molar-refractivity contribution in [3.8, 4) is 0 Å². The number of hydrogen-bond acceptors (Lipinski definition) is 1. The van der Waals surface area contributed by atoms with Crippen LogP contribution in [0, 0.1) is 5.41 Å². The van der Waals surface area contributed by atoms with Crippen molar-refractivity contribution in [2.45, 2.75) is 39.5 Å². The van der Waals surface area contributed by atoms with E-state index in [1.54, 1.807) is 0 Å². The van der Waals surface area contributed by atoms with Gasteiger partial charge in [0.2, 0.25) is 0 Å². The van der Waals surface area contributed by atoms with Crippen LogP contribution in [0.5, 0.6) is 0 Å². The van der Waals surface area contributed by atoms with Gasteiger partial charge in [0, 0.05) is 5.69 Å². The molecule has 1 aliphatic carbocycles. The molecule has 12 heavy (non-hydrogen) atoms. The third-order valence-corrected chi connectivity index (χ3v) is 2.76. The van der Waals surface area contributed by atoms with E-state index < -0.39 is 0 Å². The monoisotopic (exact) mass is 164 g/mol. The minimum absolute atomic E-state index is 0.467. The SMILES string of the molecule is CC1(C)CCCc2[nH]ncc2C1. The van der Waals surface area contributed by atoms with Crippen molar-refractivity contribution >= 4 is 0 Å². The number of hydrogen-bond donors (Lipinski definition) is 1. The van der Waals surface area contributed by atoms with Crippen LogP contribution in [0.4, 0.5) is 0 Å². The normalized spacial score (nSPS) is 21.5. The lowest BCUT2D eigenvalue weighted by atomic mass is 9.84. The third kappa shape index (κ3) is 1.38. The third-order valence-electron chi connectivity index (χ3n) is 2.76. The first-order chi connectivity index (χ1) is 5.67. The minimum Gasteiger partial charge on any atom is -0.282 e. The van der Waals surface area contributed by atoms with Gasteiger partial charge in [-0.2, -0.15) is 5.10 Å². The Hall–Kier alpha value is -0.790. The molecule has 1 heterocycles. The smallest absolute Gasteiger partial charge is 0.0522 e. The van der Waals surface area contributed by atoms with E-state index in [1.807, 2.05) is 6.20 Å². The first kappa shape index (κ1) is 7.84. The van der Waals surface area contributed by atoms with Crippen molar-refractivity contribution < 1.29 is 0 Å². The van der Waals surface area contributed by atoms with E-state index in [4.69, 9.17) is 0 Å². The van der Waals surface area contributed by atoms with Gasteiger partial charge in [-0.15, -0.1) is 0 Å². The van der Waals surface area contributed by atoms with Crippen LogP contribution in [0.3, 0.4) is 0 Å². The lowest BCUT2D eigenvalue weighted by molar-refractivity contribution is 0.332. The van der Waals surface area contributed by atoms with Crippen LogP contribution >= 0.6 is 0 Å². The Bertz CT molecular complexity index is 273. The number of nitrogens with zero attached hydrogens (tertiary/aromatic N) is 1. The van der Waals surface area contributed by atoms with E-state index in [0.29, 0.717) is 5.41 Å². The molecular weight excluding hydrogens is 148 g/mol. The average Bonchev–Trinajstić information content (AvgIpc) is 2.31. The van der Waals surface area contributed by atoms with Gasteiger partial charge in [-0.3, -0.25) is 5.10 Å². The minimum atomic E-state index is 0.467. The zero-order chi connectivity index (χ0) is 8.60. The molecule has 2 rings (SSSR count). The molecule has 1 aromatic heterocycles. The summed E-state index contributed by atoms with van der Waals surface area (Å²) in [4.78, 5) is 0. The Morgan fingerprint density at radius 3 is 3.17 bits per heavy atom. The highest BCUT2D eigenvalue weighted by Gasteiger charge is 2.23. The van der Waals surface area contributed by atoms with Crippen molar-refractivity contribution in [2.75, 3.05) is 0 Å². The van der Waals surface area contributed by atoms with Gasteiger partial charge in [-0.1, -0.05) is 13.8 Å². The summed E-state index contributed by atoms with van der Waals surface area (Å²) >= 11 is 0. The predicted octanol–water partition coefficient (Wildman–Crippen LogP) is 2.31. The predicted molar refractivity (Wildman–Crippen MR) is 49.0 cm³/mol. The van der Waals surface area contributed by atoms with Crippen molar-refractivity contribution in [1.82, 2.24) is 10.2 Å². The summed E-state index contributed by atoms with van der Waals surface area (Å²) in [6.45, 7) is 4.68. The summed E-state index contributed by atoms with van der Waals surface area (Å²) < 4.78 is 0. The van der Waals surface area contributed by atoms with Gasteiger partial charge in [0.25, 0.3) is 0 Å². The lowest BCUT2D eigenvalue weighted by Gasteiger charge is -2.21. The van der Waals surface area contributed by atoms with Gasteiger partial charge in [0.05, 0.1) is 6.20 Å². The standard InChI is InChI=1S/C10H16N2/c1-10(2)5-3-4-9-8(6-10)7-11-12-9/h7H,3-6H2,1-2H3,(H,11,12). The Labute approximate surface area is 73.4 Å². The van der Waals surface area contributed by atoms with Crippen LogP contribution in [0.2, 0.25) is 0 Å². The molecule has 0 amide bonds. The maximum absolute atomic E-state index is 4.09. The van der Waals surface area contributed by atoms with Crippen molar-refractivity contribution in [3.05, 3.63) is 17.5 Å². The van der Waals surface area contributed by atoms with E-state index in [2.05, 4.69) is 24.0 Å². The fraction of sp³-hybridized carbons (Fsp3) is 0.700. The molecule has 66 valence electrons. The summed E-state index contributed by atoms with van der Waals surface area (Å²) in [6, 6.07) is 0. The van der Waals surface area contributed by atoms with Gasteiger partial charge in [-0.25, -0.2) is 0 Å². The van der Waals surface area contributed by atoms with Gasteiger partial charge >= 0.3 is 0 Å². The maximum Gasteiger partial charge on any atom is 0.0522 e. The molecule has 0 unspecified atom stereocenters. The second-order valence-electron chi connectivity index (χ2n) is 4.57. The molecule has 0 radical (unpaired) electrons. The van der Waals surface area contributed by atoms with E-state index in [-0.39, 0.29) is 0 Å². The highest BCUT2D eigenvalue weighted by atomic mass is 15.1. The maximum atomic E-state index is 4.09. The number of rotatable bonds is 0. The molecule has 0 aromatic carbocycles. The Balaban J connectivity index is 2.30. The Morgan fingerprint density at radius 1 is 1.50 bits per heavy atom. The van der Waals surface area contributed by atoms with Gasteiger partial charge in [0.15, 0.2) is 0 Å². The molecule has 0 fully saturated rings. The van der Waals surface area contributed by atoms with Gasteiger partial charge < -0.3 is 0 Å². The fourth-order valence-corrected chi connectivity index (χ4v) is 2.05. The van der Waals surface area contributed by atoms with Crippen LogP contribution in [0.15, 0.2) is 6.20 Å². The number of nitrogens with one attached hydrogen (secondary N) is 1. The van der Waals surface area contributed by atoms with E-state index in [9.17, 15) is 0 Å². The van der Waals surface area contributed by atoms with Crippen LogP contribution in [0.1, 0.15) is 37.9 Å². The van der Waals surface area contributed by atoms with E-state index in [1.165, 1.54) is 36.9 Å². The number of H-pyrrole nitrogens is 1. The van der Waals surface area contributed by atoms with Crippen molar-refractivity contribution in [3.63, 3.8) is 0 Å². The molecular formula is C10H16N2. The molecule has 0 bridgehead atoms. The second-order valence-corrected chi connectivity index (χ2v) is 4.57. The molecule has 2 nitrogen and oxygen atoms in total. The molecule has 0 aliphatic heterocycles. The number of fused-ring (bicyclic) bond motifs is 1. The zero-order valence-corrected chi connectivity index (χ0v) is 7.85.